The van der Waals surface area contributed by atoms with Gasteiger partial charge < -0.3 is 11.1 Å². The summed E-state index contributed by atoms with van der Waals surface area (Å²) in [7, 11) is 0. The summed E-state index contributed by atoms with van der Waals surface area (Å²) < 4.78 is 14.1. The van der Waals surface area contributed by atoms with Crippen LogP contribution in [0.25, 0.3) is 0 Å². The van der Waals surface area contributed by atoms with Crippen LogP contribution in [0.1, 0.15) is 30.1 Å². The topological polar surface area (TPSA) is 63.8 Å². The van der Waals surface area contributed by atoms with Crippen LogP contribution in [-0.2, 0) is 0 Å². The molecule has 0 amide bonds. The lowest BCUT2D eigenvalue weighted by molar-refractivity contribution is 0.628. The first-order chi connectivity index (χ1) is 9.54. The fourth-order valence-corrected chi connectivity index (χ4v) is 2.26. The third-order valence-electron chi connectivity index (χ3n) is 3.32. The highest BCUT2D eigenvalue weighted by Crippen LogP contribution is 2.39. The third-order valence-corrected chi connectivity index (χ3v) is 4.02. The Hall–Kier alpha value is -1.69. The molecular formula is C14H14BrFN4. The average molecular weight is 337 g/mol. The number of aromatic nitrogens is 2. The molecule has 1 fully saturated rings. The molecule has 0 atom stereocenters. The molecule has 1 saturated carbocycles. The Morgan fingerprint density at radius 3 is 2.80 bits per heavy atom. The molecular weight excluding hydrogens is 323 g/mol. The van der Waals surface area contributed by atoms with Crippen molar-refractivity contribution in [2.45, 2.75) is 25.7 Å². The largest absolute Gasteiger partial charge is 0.383 e. The molecule has 1 heterocycles. The number of nitrogen functional groups attached to an aromatic ring is 1. The van der Waals surface area contributed by atoms with E-state index in [1.807, 2.05) is 6.92 Å². The second kappa shape index (κ2) is 5.01. The van der Waals surface area contributed by atoms with E-state index >= 15 is 0 Å². The van der Waals surface area contributed by atoms with E-state index in [1.165, 1.54) is 12.1 Å². The summed E-state index contributed by atoms with van der Waals surface area (Å²) in [6.07, 6.45) is 2.21. The Bertz CT molecular complexity index is 670. The van der Waals surface area contributed by atoms with Crippen LogP contribution in [0.3, 0.4) is 0 Å². The Morgan fingerprint density at radius 1 is 1.35 bits per heavy atom. The molecule has 2 aromatic rings. The minimum Gasteiger partial charge on any atom is -0.383 e. The molecule has 3 N–H and O–H groups in total. The van der Waals surface area contributed by atoms with Gasteiger partial charge in [-0.3, -0.25) is 0 Å². The molecule has 104 valence electrons. The van der Waals surface area contributed by atoms with Gasteiger partial charge in [0, 0.05) is 16.0 Å². The van der Waals surface area contributed by atoms with Crippen molar-refractivity contribution in [2.75, 3.05) is 11.1 Å². The van der Waals surface area contributed by atoms with Crippen LogP contribution >= 0.6 is 15.9 Å². The summed E-state index contributed by atoms with van der Waals surface area (Å²) in [5.74, 6) is 1.97. The van der Waals surface area contributed by atoms with Crippen LogP contribution in [-0.4, -0.2) is 9.97 Å². The maximum absolute atomic E-state index is 13.3. The standard InChI is InChI=1S/C14H14BrFN4/c1-7-12(17)19-14(8-2-3-8)20-13(7)18-11-6-9(16)4-5-10(11)15/h4-6,8H,2-3H2,1H3,(H3,17,18,19,20). The zero-order valence-electron chi connectivity index (χ0n) is 11.0. The monoisotopic (exact) mass is 336 g/mol. The van der Waals surface area contributed by atoms with Crippen LogP contribution in [0.5, 0.6) is 0 Å². The van der Waals surface area contributed by atoms with Crippen molar-refractivity contribution in [3.63, 3.8) is 0 Å². The summed E-state index contributed by atoms with van der Waals surface area (Å²) in [5, 5.41) is 3.13. The number of hydrogen-bond acceptors (Lipinski definition) is 4. The average Bonchev–Trinajstić information content (AvgIpc) is 3.23. The second-order valence-electron chi connectivity index (χ2n) is 4.96. The molecule has 0 unspecified atom stereocenters. The molecule has 1 aliphatic carbocycles. The number of rotatable bonds is 3. The number of nitrogens with two attached hydrogens (primary N) is 1. The van der Waals surface area contributed by atoms with E-state index in [0.717, 1.165) is 28.7 Å². The highest BCUT2D eigenvalue weighted by molar-refractivity contribution is 9.10. The number of anilines is 3. The van der Waals surface area contributed by atoms with Crippen LogP contribution in [0.15, 0.2) is 22.7 Å². The maximum atomic E-state index is 13.3. The quantitative estimate of drug-likeness (QED) is 0.892. The Labute approximate surface area is 124 Å². The third kappa shape index (κ3) is 2.60. The molecule has 0 aliphatic heterocycles. The molecule has 1 aromatic heterocycles. The van der Waals surface area contributed by atoms with Gasteiger partial charge in [0.2, 0.25) is 0 Å². The molecule has 6 heteroatoms. The number of halogens is 2. The van der Waals surface area contributed by atoms with Crippen LogP contribution < -0.4 is 11.1 Å². The molecule has 4 nitrogen and oxygen atoms in total. The first-order valence-electron chi connectivity index (χ1n) is 6.40. The van der Waals surface area contributed by atoms with Crippen molar-refractivity contribution in [2.24, 2.45) is 0 Å². The highest BCUT2D eigenvalue weighted by atomic mass is 79.9. The van der Waals surface area contributed by atoms with Gasteiger partial charge in [-0.1, -0.05) is 0 Å². The summed E-state index contributed by atoms with van der Waals surface area (Å²) in [6, 6.07) is 4.46. The molecule has 1 aliphatic rings. The van der Waals surface area contributed by atoms with Crippen molar-refractivity contribution in [1.82, 2.24) is 9.97 Å². The van der Waals surface area contributed by atoms with Gasteiger partial charge in [0.15, 0.2) is 0 Å². The molecule has 0 bridgehead atoms. The van der Waals surface area contributed by atoms with Crippen LogP contribution in [0, 0.1) is 12.7 Å². The van der Waals surface area contributed by atoms with Crippen molar-refractivity contribution in [3.8, 4) is 0 Å². The van der Waals surface area contributed by atoms with Gasteiger partial charge in [-0.25, -0.2) is 14.4 Å². The summed E-state index contributed by atoms with van der Waals surface area (Å²) in [5.41, 5.74) is 7.32. The van der Waals surface area contributed by atoms with Crippen molar-refractivity contribution >= 4 is 33.3 Å². The van der Waals surface area contributed by atoms with Crippen molar-refractivity contribution < 1.29 is 4.39 Å². The SMILES string of the molecule is Cc1c(N)nc(C2CC2)nc1Nc1cc(F)ccc1Br. The Morgan fingerprint density at radius 2 is 2.10 bits per heavy atom. The van der Waals surface area contributed by atoms with Crippen molar-refractivity contribution in [1.29, 1.82) is 0 Å². The normalized spacial score (nSPS) is 14.3. The maximum Gasteiger partial charge on any atom is 0.139 e. The van der Waals surface area contributed by atoms with Gasteiger partial charge in [0.1, 0.15) is 23.3 Å². The fraction of sp³-hybridized carbons (Fsp3) is 0.286. The lowest BCUT2D eigenvalue weighted by atomic mass is 10.2. The number of nitrogens with zero attached hydrogens (tertiary/aromatic N) is 2. The van der Waals surface area contributed by atoms with E-state index < -0.39 is 0 Å². The zero-order chi connectivity index (χ0) is 14.3. The lowest BCUT2D eigenvalue weighted by Crippen LogP contribution is -2.06. The second-order valence-corrected chi connectivity index (χ2v) is 5.82. The molecule has 0 spiro atoms. The molecule has 0 saturated heterocycles. The predicted octanol–water partition coefficient (Wildman–Crippen LogP) is 3.89. The molecule has 3 rings (SSSR count). The van der Waals surface area contributed by atoms with Crippen molar-refractivity contribution in [3.05, 3.63) is 39.9 Å². The van der Waals surface area contributed by atoms with Crippen LogP contribution in [0.2, 0.25) is 0 Å². The van der Waals surface area contributed by atoms with E-state index in [0.29, 0.717) is 23.2 Å². The Balaban J connectivity index is 1.99. The van der Waals surface area contributed by atoms with Gasteiger partial charge in [0.25, 0.3) is 0 Å². The number of hydrogen-bond donors (Lipinski definition) is 2. The molecule has 0 radical (unpaired) electrons. The van der Waals surface area contributed by atoms with E-state index in [2.05, 4.69) is 31.2 Å². The van der Waals surface area contributed by atoms with E-state index in [9.17, 15) is 4.39 Å². The van der Waals surface area contributed by atoms with Crippen LogP contribution in [0.4, 0.5) is 21.7 Å². The molecule has 1 aromatic carbocycles. The summed E-state index contributed by atoms with van der Waals surface area (Å²) >= 11 is 3.39. The summed E-state index contributed by atoms with van der Waals surface area (Å²) in [4.78, 5) is 8.83. The predicted molar refractivity (Wildman–Crippen MR) is 80.5 cm³/mol. The lowest BCUT2D eigenvalue weighted by Gasteiger charge is -2.13. The summed E-state index contributed by atoms with van der Waals surface area (Å²) in [6.45, 7) is 1.85. The van der Waals surface area contributed by atoms with Gasteiger partial charge in [-0.2, -0.15) is 0 Å². The highest BCUT2D eigenvalue weighted by Gasteiger charge is 2.28. The van der Waals surface area contributed by atoms with E-state index in [4.69, 9.17) is 5.73 Å². The first kappa shape index (κ1) is 13.3. The minimum absolute atomic E-state index is 0.308. The van der Waals surface area contributed by atoms with E-state index in [1.54, 1.807) is 6.07 Å². The minimum atomic E-state index is -0.308. The smallest absolute Gasteiger partial charge is 0.139 e. The first-order valence-corrected chi connectivity index (χ1v) is 7.20. The molecule has 20 heavy (non-hydrogen) atoms. The van der Waals surface area contributed by atoms with Gasteiger partial charge in [0.05, 0.1) is 5.69 Å². The Kier molecular flexibility index (Phi) is 3.33. The number of benzene rings is 1. The van der Waals surface area contributed by atoms with Gasteiger partial charge in [-0.15, -0.1) is 0 Å². The number of nitrogens with one attached hydrogen (secondary N) is 1. The van der Waals surface area contributed by atoms with Gasteiger partial charge in [-0.05, 0) is 53.9 Å². The van der Waals surface area contributed by atoms with E-state index in [-0.39, 0.29) is 5.82 Å². The zero-order valence-corrected chi connectivity index (χ0v) is 12.5. The fourth-order valence-electron chi connectivity index (χ4n) is 1.92. The van der Waals surface area contributed by atoms with Gasteiger partial charge >= 0.3 is 0 Å².